The third-order valence-corrected chi connectivity index (χ3v) is 3.53. The fourth-order valence-electron chi connectivity index (χ4n) is 2.52. The first-order chi connectivity index (χ1) is 13.1. The number of nitrogens with zero attached hydrogens (tertiary/aromatic N) is 1. The lowest BCUT2D eigenvalue weighted by Gasteiger charge is -2.15. The van der Waals surface area contributed by atoms with Gasteiger partial charge in [-0.2, -0.15) is 0 Å². The standard InChI is InChI=1S/C19H11F6NO2/c20-18(21,22)27-16-10-3-1-6-12(16)14-8-5-9-15(26-14)13-7-2-4-11-17(13)28-19(23,24)25/h1-11H. The number of halogens is 6. The Labute approximate surface area is 155 Å². The highest BCUT2D eigenvalue weighted by Crippen LogP contribution is 2.36. The molecule has 0 aliphatic heterocycles. The summed E-state index contributed by atoms with van der Waals surface area (Å²) >= 11 is 0. The Hall–Kier alpha value is -3.23. The molecule has 0 bridgehead atoms. The van der Waals surface area contributed by atoms with Gasteiger partial charge in [-0.25, -0.2) is 4.98 Å². The minimum Gasteiger partial charge on any atom is -0.405 e. The van der Waals surface area contributed by atoms with Crippen LogP contribution in [0.3, 0.4) is 0 Å². The Morgan fingerprint density at radius 3 is 1.32 bits per heavy atom. The Morgan fingerprint density at radius 1 is 0.536 bits per heavy atom. The number of aromatic nitrogens is 1. The quantitative estimate of drug-likeness (QED) is 0.489. The number of hydrogen-bond acceptors (Lipinski definition) is 3. The molecule has 3 rings (SSSR count). The predicted octanol–water partition coefficient (Wildman–Crippen LogP) is 6.21. The molecule has 28 heavy (non-hydrogen) atoms. The molecule has 0 unspecified atom stereocenters. The van der Waals surface area contributed by atoms with Crippen LogP contribution in [0.25, 0.3) is 22.5 Å². The van der Waals surface area contributed by atoms with E-state index in [2.05, 4.69) is 14.5 Å². The van der Waals surface area contributed by atoms with Gasteiger partial charge in [0.25, 0.3) is 0 Å². The van der Waals surface area contributed by atoms with E-state index in [1.807, 2.05) is 0 Å². The summed E-state index contributed by atoms with van der Waals surface area (Å²) in [5, 5.41) is 0. The number of benzene rings is 2. The monoisotopic (exact) mass is 399 g/mol. The number of hydrogen-bond donors (Lipinski definition) is 0. The highest BCUT2D eigenvalue weighted by Gasteiger charge is 2.33. The normalized spacial score (nSPS) is 11.9. The average molecular weight is 399 g/mol. The topological polar surface area (TPSA) is 31.4 Å². The van der Waals surface area contributed by atoms with E-state index in [-0.39, 0.29) is 22.5 Å². The molecule has 0 spiro atoms. The molecule has 0 saturated heterocycles. The largest absolute Gasteiger partial charge is 0.573 e. The molecular formula is C19H11F6NO2. The van der Waals surface area contributed by atoms with Crippen molar-refractivity contribution in [3.63, 3.8) is 0 Å². The zero-order valence-electron chi connectivity index (χ0n) is 13.9. The van der Waals surface area contributed by atoms with Crippen molar-refractivity contribution in [1.29, 1.82) is 0 Å². The van der Waals surface area contributed by atoms with E-state index in [9.17, 15) is 26.3 Å². The molecule has 3 nitrogen and oxygen atoms in total. The first kappa shape index (κ1) is 19.5. The van der Waals surface area contributed by atoms with Crippen LogP contribution in [0.5, 0.6) is 11.5 Å². The summed E-state index contributed by atoms with van der Waals surface area (Å²) < 4.78 is 83.8. The fraction of sp³-hybridized carbons (Fsp3) is 0.105. The molecule has 0 N–H and O–H groups in total. The summed E-state index contributed by atoms with van der Waals surface area (Å²) in [7, 11) is 0. The maximum absolute atomic E-state index is 12.6. The average Bonchev–Trinajstić information content (AvgIpc) is 2.60. The molecule has 146 valence electrons. The summed E-state index contributed by atoms with van der Waals surface area (Å²) in [6.45, 7) is 0. The molecule has 0 atom stereocenters. The summed E-state index contributed by atoms with van der Waals surface area (Å²) in [5.41, 5.74) is 0.269. The summed E-state index contributed by atoms with van der Waals surface area (Å²) in [4.78, 5) is 4.20. The lowest BCUT2D eigenvalue weighted by Crippen LogP contribution is -2.17. The van der Waals surface area contributed by atoms with E-state index in [1.165, 1.54) is 54.6 Å². The summed E-state index contributed by atoms with van der Waals surface area (Å²) in [5.74, 6) is -0.945. The summed E-state index contributed by atoms with van der Waals surface area (Å²) in [6.07, 6.45) is -9.80. The Kier molecular flexibility index (Phi) is 5.17. The zero-order valence-corrected chi connectivity index (χ0v) is 13.9. The van der Waals surface area contributed by atoms with Crippen LogP contribution in [0.2, 0.25) is 0 Å². The van der Waals surface area contributed by atoms with Crippen molar-refractivity contribution >= 4 is 0 Å². The molecular weight excluding hydrogens is 388 g/mol. The summed E-state index contributed by atoms with van der Waals surface area (Å²) in [6, 6.07) is 15.0. The van der Waals surface area contributed by atoms with Crippen LogP contribution in [0.1, 0.15) is 0 Å². The van der Waals surface area contributed by atoms with Crippen molar-refractivity contribution in [3.8, 4) is 34.0 Å². The van der Waals surface area contributed by atoms with Crippen molar-refractivity contribution in [2.75, 3.05) is 0 Å². The number of alkyl halides is 6. The molecule has 0 radical (unpaired) electrons. The van der Waals surface area contributed by atoms with Gasteiger partial charge in [0.1, 0.15) is 11.5 Å². The fourth-order valence-corrected chi connectivity index (χ4v) is 2.52. The minimum absolute atomic E-state index is 0.0379. The van der Waals surface area contributed by atoms with Gasteiger partial charge < -0.3 is 9.47 Å². The van der Waals surface area contributed by atoms with Gasteiger partial charge in [-0.05, 0) is 36.4 Å². The lowest BCUT2D eigenvalue weighted by molar-refractivity contribution is -0.275. The second kappa shape index (κ2) is 7.41. The molecule has 2 aromatic carbocycles. The van der Waals surface area contributed by atoms with Gasteiger partial charge in [0, 0.05) is 11.1 Å². The molecule has 1 aromatic heterocycles. The first-order valence-electron chi connectivity index (χ1n) is 7.80. The first-order valence-corrected chi connectivity index (χ1v) is 7.80. The van der Waals surface area contributed by atoms with Crippen molar-refractivity contribution in [3.05, 3.63) is 66.7 Å². The molecule has 0 amide bonds. The smallest absolute Gasteiger partial charge is 0.405 e. The van der Waals surface area contributed by atoms with Gasteiger partial charge in [-0.3, -0.25) is 0 Å². The second-order valence-electron chi connectivity index (χ2n) is 5.50. The zero-order chi connectivity index (χ0) is 20.4. The second-order valence-corrected chi connectivity index (χ2v) is 5.50. The molecule has 0 aliphatic carbocycles. The van der Waals surface area contributed by atoms with Gasteiger partial charge in [-0.1, -0.05) is 30.3 Å². The number of rotatable bonds is 4. The molecule has 3 aromatic rings. The van der Waals surface area contributed by atoms with Gasteiger partial charge in [-0.15, -0.1) is 26.3 Å². The SMILES string of the molecule is FC(F)(F)Oc1ccccc1-c1cccc(-c2ccccc2OC(F)(F)F)n1. The Morgan fingerprint density at radius 2 is 0.929 bits per heavy atom. The molecule has 0 fully saturated rings. The number of pyridine rings is 1. The van der Waals surface area contributed by atoms with E-state index < -0.39 is 24.2 Å². The van der Waals surface area contributed by atoms with Crippen LogP contribution in [0, 0.1) is 0 Å². The third-order valence-electron chi connectivity index (χ3n) is 3.53. The Balaban J connectivity index is 2.04. The molecule has 1 heterocycles. The van der Waals surface area contributed by atoms with E-state index in [4.69, 9.17) is 0 Å². The van der Waals surface area contributed by atoms with Crippen LogP contribution < -0.4 is 9.47 Å². The number of para-hydroxylation sites is 2. The number of ether oxygens (including phenoxy) is 2. The van der Waals surface area contributed by atoms with Crippen LogP contribution in [-0.4, -0.2) is 17.7 Å². The van der Waals surface area contributed by atoms with Crippen molar-refractivity contribution in [1.82, 2.24) is 4.98 Å². The van der Waals surface area contributed by atoms with E-state index in [1.54, 1.807) is 0 Å². The lowest BCUT2D eigenvalue weighted by atomic mass is 10.1. The molecule has 0 aliphatic rings. The maximum atomic E-state index is 12.6. The van der Waals surface area contributed by atoms with Crippen LogP contribution in [-0.2, 0) is 0 Å². The van der Waals surface area contributed by atoms with Crippen LogP contribution in [0.4, 0.5) is 26.3 Å². The highest BCUT2D eigenvalue weighted by molar-refractivity contribution is 5.73. The van der Waals surface area contributed by atoms with Gasteiger partial charge >= 0.3 is 12.7 Å². The van der Waals surface area contributed by atoms with Crippen LogP contribution >= 0.6 is 0 Å². The van der Waals surface area contributed by atoms with Crippen LogP contribution in [0.15, 0.2) is 66.7 Å². The predicted molar refractivity (Wildman–Crippen MR) is 88.5 cm³/mol. The van der Waals surface area contributed by atoms with Gasteiger partial charge in [0.05, 0.1) is 11.4 Å². The van der Waals surface area contributed by atoms with Crippen molar-refractivity contribution < 1.29 is 35.8 Å². The molecule has 0 saturated carbocycles. The van der Waals surface area contributed by atoms with E-state index >= 15 is 0 Å². The maximum Gasteiger partial charge on any atom is 0.573 e. The van der Waals surface area contributed by atoms with Gasteiger partial charge in [0.15, 0.2) is 0 Å². The third kappa shape index (κ3) is 4.93. The van der Waals surface area contributed by atoms with E-state index in [0.717, 1.165) is 12.1 Å². The van der Waals surface area contributed by atoms with Crippen molar-refractivity contribution in [2.24, 2.45) is 0 Å². The minimum atomic E-state index is -4.90. The highest BCUT2D eigenvalue weighted by atomic mass is 19.4. The van der Waals surface area contributed by atoms with Gasteiger partial charge in [0.2, 0.25) is 0 Å². The van der Waals surface area contributed by atoms with E-state index in [0.29, 0.717) is 0 Å². The molecule has 9 heteroatoms. The van der Waals surface area contributed by atoms with Crippen molar-refractivity contribution in [2.45, 2.75) is 12.7 Å². The Bertz CT molecular complexity index is 894.